The Balaban J connectivity index is 1.50. The van der Waals surface area contributed by atoms with Gasteiger partial charge in [-0.1, -0.05) is 145 Å². The van der Waals surface area contributed by atoms with E-state index in [1.165, 1.54) is 0 Å². The van der Waals surface area contributed by atoms with E-state index in [1.54, 1.807) is 0 Å². The topological polar surface area (TPSA) is 13.1 Å². The molecule has 0 aliphatic heterocycles. The Morgan fingerprint density at radius 1 is 0.362 bits per heavy atom. The van der Waals surface area contributed by atoms with Crippen LogP contribution >= 0.6 is 0 Å². The molecule has 0 fully saturated rings. The molecule has 9 aromatic carbocycles. The van der Waals surface area contributed by atoms with Crippen molar-refractivity contribution in [1.82, 2.24) is 0 Å². The Labute approximate surface area is 311 Å². The second-order valence-corrected chi connectivity index (χ2v) is 10.3. The Bertz CT molecular complexity index is 4330. The minimum Gasteiger partial charge on any atom is -0.455 e. The largest absolute Gasteiger partial charge is 0.455 e. The lowest BCUT2D eigenvalue weighted by atomic mass is 9.84. The van der Waals surface area contributed by atoms with E-state index in [2.05, 4.69) is 0 Å². The molecule has 218 valence electrons. The highest BCUT2D eigenvalue weighted by molar-refractivity contribution is 6.27. The molecule has 0 unspecified atom stereocenters. The van der Waals surface area contributed by atoms with Gasteiger partial charge in [0, 0.05) is 16.2 Å². The summed E-state index contributed by atoms with van der Waals surface area (Å²) in [6, 6.07) is -25.7. The monoisotopic (exact) mass is 624 g/mol. The van der Waals surface area contributed by atoms with Gasteiger partial charge in [0.2, 0.25) is 0 Å². The molecule has 0 atom stereocenters. The third kappa shape index (κ3) is 3.97. The quantitative estimate of drug-likeness (QED) is 0.178. The molecule has 47 heavy (non-hydrogen) atoms. The highest BCUT2D eigenvalue weighted by Crippen LogP contribution is 2.47. The molecule has 10 aromatic rings. The maximum atomic E-state index is 9.73. The first-order valence-electron chi connectivity index (χ1n) is 27.9. The maximum Gasteiger partial charge on any atom is 0.143 e. The van der Waals surface area contributed by atoms with Crippen LogP contribution in [0.2, 0.25) is 0 Å². The molecule has 0 spiro atoms. The summed E-state index contributed by atoms with van der Waals surface area (Å²) in [4.78, 5) is 0. The van der Waals surface area contributed by atoms with E-state index < -0.39 is 268 Å². The van der Waals surface area contributed by atoms with Gasteiger partial charge in [-0.05, 0) is 95.3 Å². The van der Waals surface area contributed by atoms with E-state index >= 15 is 0 Å². The van der Waals surface area contributed by atoms with Crippen molar-refractivity contribution in [3.8, 4) is 33.4 Å². The van der Waals surface area contributed by atoms with Crippen molar-refractivity contribution in [3.05, 3.63) is 169 Å². The van der Waals surface area contributed by atoms with Crippen LogP contribution < -0.4 is 0 Å². The second kappa shape index (κ2) is 10.2. The highest BCUT2D eigenvalue weighted by Gasteiger charge is 2.21. The summed E-state index contributed by atoms with van der Waals surface area (Å²) in [7, 11) is 0. The molecule has 0 radical (unpaired) electrons. The summed E-state index contributed by atoms with van der Waals surface area (Å²) in [6.07, 6.45) is 0. The summed E-state index contributed by atoms with van der Waals surface area (Å²) in [5, 5.41) is -6.39. The predicted molar refractivity (Wildman–Crippen MR) is 200 cm³/mol. The molecule has 0 aliphatic carbocycles. The van der Waals surface area contributed by atoms with E-state index in [9.17, 15) is 15.1 Å². The fourth-order valence-electron chi connectivity index (χ4n) is 5.78. The van der Waals surface area contributed by atoms with Crippen LogP contribution in [0, 0.1) is 0 Å². The zero-order chi connectivity index (χ0) is 55.3. The van der Waals surface area contributed by atoms with Crippen LogP contribution in [0.5, 0.6) is 0 Å². The summed E-state index contributed by atoms with van der Waals surface area (Å²) < 4.78 is 258. The van der Waals surface area contributed by atoms with Gasteiger partial charge in [-0.3, -0.25) is 0 Å². The van der Waals surface area contributed by atoms with Gasteiger partial charge in [0.1, 0.15) is 11.2 Å². The number of furan rings is 1. The first-order chi connectivity index (χ1) is 35.0. The Hall–Kier alpha value is -6.18. The maximum absolute atomic E-state index is 9.73. The number of fused-ring (bicyclic) bond motifs is 8. The standard InChI is InChI=1S/C46H28O/c1-2-11-29(12-3-1)31-21-22-33-28-34(24-23-32(33)27-31)43-36-15-6-8-17-38(36)44(39-18-9-7-16-37(39)43)40-19-10-20-42-45(40)41-26-25-30-13-4-5-14-35(30)46(41)47-42/h1-28H/i1D,2D,3D,4D,5D,6D,7D,8D,9D,10D,11D,12D,13D,14D,15D,16D,17D,18D,19D,20D,21D,22D,23D,24D,25D,26D,27D,28D. The molecule has 0 saturated carbocycles. The van der Waals surface area contributed by atoms with Gasteiger partial charge in [-0.2, -0.15) is 0 Å². The Morgan fingerprint density at radius 2 is 0.936 bits per heavy atom. The van der Waals surface area contributed by atoms with Crippen molar-refractivity contribution >= 4 is 65.0 Å². The van der Waals surface area contributed by atoms with Gasteiger partial charge in [-0.15, -0.1) is 0 Å². The van der Waals surface area contributed by atoms with Crippen LogP contribution in [0.15, 0.2) is 174 Å². The highest BCUT2D eigenvalue weighted by atomic mass is 16.3. The molecule has 1 heterocycles. The number of hydrogen-bond acceptors (Lipinski definition) is 1. The minimum atomic E-state index is -1.06. The average Bonchev–Trinajstić information content (AvgIpc) is 3.77. The molecule has 10 rings (SSSR count). The van der Waals surface area contributed by atoms with E-state index in [4.69, 9.17) is 27.7 Å². The third-order valence-corrected chi connectivity index (χ3v) is 7.75. The number of benzene rings is 9. The zero-order valence-corrected chi connectivity index (χ0v) is 23.4. The van der Waals surface area contributed by atoms with Gasteiger partial charge in [0.05, 0.1) is 38.4 Å². The summed E-state index contributed by atoms with van der Waals surface area (Å²) in [6.45, 7) is 0. The van der Waals surface area contributed by atoms with Crippen molar-refractivity contribution in [3.63, 3.8) is 0 Å². The van der Waals surface area contributed by atoms with E-state index in [0.29, 0.717) is 0 Å². The summed E-state index contributed by atoms with van der Waals surface area (Å²) in [5.74, 6) is 0. The van der Waals surface area contributed by atoms with Crippen LogP contribution in [0.25, 0.3) is 98.4 Å². The van der Waals surface area contributed by atoms with Gasteiger partial charge in [0.15, 0.2) is 0 Å². The first-order valence-corrected chi connectivity index (χ1v) is 13.9. The van der Waals surface area contributed by atoms with E-state index in [-0.39, 0.29) is 0 Å². The Morgan fingerprint density at radius 3 is 1.66 bits per heavy atom. The van der Waals surface area contributed by atoms with Crippen molar-refractivity contribution < 1.29 is 42.8 Å². The smallest absolute Gasteiger partial charge is 0.143 e. The van der Waals surface area contributed by atoms with Crippen molar-refractivity contribution in [2.24, 2.45) is 0 Å². The molecular formula is C46H28O. The van der Waals surface area contributed by atoms with E-state index in [1.807, 2.05) is 0 Å². The fourth-order valence-corrected chi connectivity index (χ4v) is 5.78. The van der Waals surface area contributed by atoms with Crippen molar-refractivity contribution in [2.75, 3.05) is 0 Å². The first kappa shape index (κ1) is 10.7. The van der Waals surface area contributed by atoms with Crippen LogP contribution in [0.4, 0.5) is 0 Å². The SMILES string of the molecule is [2H]c1c([2H])c([2H])c(-c2c([2H])c([2H])c3c([2H])c(-c4c5c([2H])c([2H])c([2H])c([2H])c5c(-c5c([2H])c([2H])c([2H])c6oc7c8c([2H])c([2H])c([2H])c([2H])c8c([2H])c([2H])c7c56)c5c([2H])c([2H])c([2H])c([2H])c45)c([2H])c([2H])c3c2[2H])c([2H])c1[2H]. The molecule has 1 heteroatoms. The lowest BCUT2D eigenvalue weighted by molar-refractivity contribution is 0.673. The molecule has 1 aromatic heterocycles. The van der Waals surface area contributed by atoms with Crippen LogP contribution in [-0.2, 0) is 0 Å². The summed E-state index contributed by atoms with van der Waals surface area (Å²) >= 11 is 0. The lowest BCUT2D eigenvalue weighted by Crippen LogP contribution is -1.91. The van der Waals surface area contributed by atoms with Crippen LogP contribution in [0.1, 0.15) is 38.4 Å². The van der Waals surface area contributed by atoms with Gasteiger partial charge < -0.3 is 4.42 Å². The van der Waals surface area contributed by atoms with Crippen molar-refractivity contribution in [1.29, 1.82) is 0 Å². The molecule has 0 amide bonds. The van der Waals surface area contributed by atoms with Crippen LogP contribution in [0.3, 0.4) is 0 Å². The third-order valence-electron chi connectivity index (χ3n) is 7.75. The molecule has 0 saturated heterocycles. The molecular weight excluding hydrogens is 569 g/mol. The van der Waals surface area contributed by atoms with Gasteiger partial charge in [0.25, 0.3) is 0 Å². The Kier molecular flexibility index (Phi) is 2.31. The van der Waals surface area contributed by atoms with Gasteiger partial charge in [-0.25, -0.2) is 0 Å². The number of rotatable bonds is 3. The van der Waals surface area contributed by atoms with Gasteiger partial charge >= 0.3 is 0 Å². The minimum absolute atomic E-state index is 0.458. The summed E-state index contributed by atoms with van der Waals surface area (Å²) in [5.41, 5.74) is -5.59. The average molecular weight is 625 g/mol. The predicted octanol–water partition coefficient (Wildman–Crippen LogP) is 13.2. The zero-order valence-electron chi connectivity index (χ0n) is 51.4. The van der Waals surface area contributed by atoms with Crippen LogP contribution in [-0.4, -0.2) is 0 Å². The molecule has 0 N–H and O–H groups in total. The molecule has 1 nitrogen and oxygen atoms in total. The second-order valence-electron chi connectivity index (χ2n) is 10.3. The number of hydrogen-bond donors (Lipinski definition) is 0. The van der Waals surface area contributed by atoms with Crippen molar-refractivity contribution in [2.45, 2.75) is 0 Å². The fraction of sp³-hybridized carbons (Fsp3) is 0. The molecule has 0 aliphatic rings. The molecule has 0 bridgehead atoms. The lowest BCUT2D eigenvalue weighted by Gasteiger charge is -2.18. The van der Waals surface area contributed by atoms with E-state index in [0.717, 1.165) is 0 Å². The normalized spacial score (nSPS) is 20.2.